The van der Waals surface area contributed by atoms with Crippen LogP contribution in [0, 0.1) is 6.92 Å². The molecule has 1 fully saturated rings. The van der Waals surface area contributed by atoms with E-state index in [9.17, 15) is 14.4 Å². The fourth-order valence-corrected chi connectivity index (χ4v) is 4.32. The number of anilines is 1. The Hall–Kier alpha value is -3.97. The molecule has 36 heavy (non-hydrogen) atoms. The third-order valence-electron chi connectivity index (χ3n) is 6.43. The average Bonchev–Trinajstić information content (AvgIpc) is 2.89. The molecule has 7 heteroatoms. The van der Waals surface area contributed by atoms with Gasteiger partial charge in [-0.1, -0.05) is 48.5 Å². The van der Waals surface area contributed by atoms with Crippen LogP contribution in [-0.2, 0) is 16.1 Å². The number of nitrogens with one attached hydrogen (secondary N) is 2. The molecule has 3 aromatic rings. The Kier molecular flexibility index (Phi) is 8.13. The summed E-state index contributed by atoms with van der Waals surface area (Å²) >= 11 is 0. The molecule has 7 nitrogen and oxygen atoms in total. The van der Waals surface area contributed by atoms with E-state index < -0.39 is 0 Å². The van der Waals surface area contributed by atoms with Crippen LogP contribution >= 0.6 is 0 Å². The Morgan fingerprint density at radius 1 is 0.833 bits per heavy atom. The van der Waals surface area contributed by atoms with Crippen molar-refractivity contribution in [1.82, 2.24) is 15.1 Å². The summed E-state index contributed by atoms with van der Waals surface area (Å²) in [4.78, 5) is 40.0. The van der Waals surface area contributed by atoms with Gasteiger partial charge in [-0.3, -0.25) is 19.3 Å². The van der Waals surface area contributed by atoms with Gasteiger partial charge in [0.2, 0.25) is 11.8 Å². The minimum absolute atomic E-state index is 0.0465. The van der Waals surface area contributed by atoms with E-state index in [0.717, 1.165) is 42.0 Å². The second-order valence-corrected chi connectivity index (χ2v) is 9.11. The van der Waals surface area contributed by atoms with Crippen molar-refractivity contribution in [1.29, 1.82) is 0 Å². The van der Waals surface area contributed by atoms with Gasteiger partial charge in [-0.15, -0.1) is 0 Å². The van der Waals surface area contributed by atoms with E-state index in [1.54, 1.807) is 4.90 Å². The zero-order valence-corrected chi connectivity index (χ0v) is 20.8. The third-order valence-corrected chi connectivity index (χ3v) is 6.43. The summed E-state index contributed by atoms with van der Waals surface area (Å²) in [6.07, 6.45) is 0. The molecule has 3 amide bonds. The smallest absolute Gasteiger partial charge is 0.255 e. The lowest BCUT2D eigenvalue weighted by Crippen LogP contribution is -2.50. The molecule has 3 aromatic carbocycles. The molecule has 1 saturated heterocycles. The van der Waals surface area contributed by atoms with E-state index >= 15 is 0 Å². The predicted molar refractivity (Wildman–Crippen MR) is 142 cm³/mol. The fourth-order valence-electron chi connectivity index (χ4n) is 4.32. The maximum atomic E-state index is 12.7. The zero-order valence-electron chi connectivity index (χ0n) is 20.8. The maximum absolute atomic E-state index is 12.7. The van der Waals surface area contributed by atoms with Crippen molar-refractivity contribution in [3.8, 4) is 11.1 Å². The SMILES string of the molecule is CC(=O)NCC(=O)N1CCN(Cc2ccc(NC(=O)c3ccc(-c4ccccc4C)cc3)cc2)CC1. The number of carbonyl (C=O) groups excluding carboxylic acids is 3. The van der Waals surface area contributed by atoms with Crippen molar-refractivity contribution in [2.45, 2.75) is 20.4 Å². The van der Waals surface area contributed by atoms with E-state index in [-0.39, 0.29) is 24.3 Å². The zero-order chi connectivity index (χ0) is 25.5. The van der Waals surface area contributed by atoms with E-state index in [1.807, 2.05) is 60.7 Å². The average molecular weight is 485 g/mol. The van der Waals surface area contributed by atoms with Crippen molar-refractivity contribution in [2.75, 3.05) is 38.0 Å². The number of nitrogens with zero attached hydrogens (tertiary/aromatic N) is 2. The molecule has 0 aromatic heterocycles. The Morgan fingerprint density at radius 3 is 2.14 bits per heavy atom. The highest BCUT2D eigenvalue weighted by atomic mass is 16.2. The Bertz CT molecular complexity index is 1210. The van der Waals surface area contributed by atoms with E-state index in [0.29, 0.717) is 18.7 Å². The molecule has 2 N–H and O–H groups in total. The molecule has 0 bridgehead atoms. The van der Waals surface area contributed by atoms with Gasteiger partial charge in [0.05, 0.1) is 6.54 Å². The van der Waals surface area contributed by atoms with Crippen molar-refractivity contribution < 1.29 is 14.4 Å². The summed E-state index contributed by atoms with van der Waals surface area (Å²) in [5, 5.41) is 5.53. The molecule has 4 rings (SSSR count). The van der Waals surface area contributed by atoms with Gasteiger partial charge < -0.3 is 15.5 Å². The van der Waals surface area contributed by atoms with Gasteiger partial charge in [0, 0.05) is 50.9 Å². The van der Waals surface area contributed by atoms with Gasteiger partial charge >= 0.3 is 0 Å². The minimum Gasteiger partial charge on any atom is -0.347 e. The Morgan fingerprint density at radius 2 is 1.50 bits per heavy atom. The lowest BCUT2D eigenvalue weighted by Gasteiger charge is -2.34. The molecule has 0 aliphatic carbocycles. The summed E-state index contributed by atoms with van der Waals surface area (Å²) in [6, 6.07) is 23.7. The highest BCUT2D eigenvalue weighted by Gasteiger charge is 2.21. The second kappa shape index (κ2) is 11.6. The van der Waals surface area contributed by atoms with Crippen molar-refractivity contribution in [3.63, 3.8) is 0 Å². The molecular formula is C29H32N4O3. The number of aryl methyl sites for hydroxylation is 1. The summed E-state index contributed by atoms with van der Waals surface area (Å²) in [7, 11) is 0. The summed E-state index contributed by atoms with van der Waals surface area (Å²) in [6.45, 7) is 7.18. The number of piperazine rings is 1. The van der Waals surface area contributed by atoms with Crippen LogP contribution in [0.1, 0.15) is 28.4 Å². The van der Waals surface area contributed by atoms with Crippen LogP contribution in [0.4, 0.5) is 5.69 Å². The van der Waals surface area contributed by atoms with Crippen LogP contribution in [0.25, 0.3) is 11.1 Å². The molecule has 1 heterocycles. The van der Waals surface area contributed by atoms with Crippen LogP contribution in [0.5, 0.6) is 0 Å². The molecule has 1 aliphatic rings. The standard InChI is InChI=1S/C29H32N4O3/c1-21-5-3-4-6-27(21)24-9-11-25(12-10-24)29(36)31-26-13-7-23(8-14-26)20-32-15-17-33(18-16-32)28(35)19-30-22(2)34/h3-14H,15-20H2,1-2H3,(H,30,34)(H,31,36). The highest BCUT2D eigenvalue weighted by molar-refractivity contribution is 6.04. The normalized spacial score (nSPS) is 13.8. The quantitative estimate of drug-likeness (QED) is 0.536. The number of carbonyl (C=O) groups is 3. The molecular weight excluding hydrogens is 452 g/mol. The van der Waals surface area contributed by atoms with Crippen molar-refractivity contribution in [2.24, 2.45) is 0 Å². The first kappa shape index (κ1) is 25.1. The van der Waals surface area contributed by atoms with Crippen LogP contribution < -0.4 is 10.6 Å². The maximum Gasteiger partial charge on any atom is 0.255 e. The fraction of sp³-hybridized carbons (Fsp3) is 0.276. The number of benzene rings is 3. The van der Waals surface area contributed by atoms with E-state index in [1.165, 1.54) is 12.5 Å². The lowest BCUT2D eigenvalue weighted by molar-refractivity contribution is -0.134. The number of hydrogen-bond donors (Lipinski definition) is 2. The third kappa shape index (κ3) is 6.58. The van der Waals surface area contributed by atoms with Crippen LogP contribution in [0.2, 0.25) is 0 Å². The molecule has 0 spiro atoms. The van der Waals surface area contributed by atoms with Gasteiger partial charge in [-0.05, 0) is 53.4 Å². The highest BCUT2D eigenvalue weighted by Crippen LogP contribution is 2.23. The molecule has 0 radical (unpaired) electrons. The topological polar surface area (TPSA) is 81.8 Å². The predicted octanol–water partition coefficient (Wildman–Crippen LogP) is 3.69. The van der Waals surface area contributed by atoms with Gasteiger partial charge in [0.1, 0.15) is 0 Å². The molecule has 1 aliphatic heterocycles. The second-order valence-electron chi connectivity index (χ2n) is 9.11. The lowest BCUT2D eigenvalue weighted by atomic mass is 9.99. The van der Waals surface area contributed by atoms with E-state index in [4.69, 9.17) is 0 Å². The van der Waals surface area contributed by atoms with Crippen LogP contribution in [0.3, 0.4) is 0 Å². The summed E-state index contributed by atoms with van der Waals surface area (Å²) in [5.41, 5.74) is 5.97. The number of rotatable bonds is 7. The molecule has 0 atom stereocenters. The van der Waals surface area contributed by atoms with Crippen molar-refractivity contribution in [3.05, 3.63) is 89.5 Å². The molecule has 0 saturated carbocycles. The molecule has 186 valence electrons. The van der Waals surface area contributed by atoms with Gasteiger partial charge in [-0.25, -0.2) is 0 Å². The Balaban J connectivity index is 1.26. The largest absolute Gasteiger partial charge is 0.347 e. The molecule has 0 unspecified atom stereocenters. The first-order valence-electron chi connectivity index (χ1n) is 12.2. The first-order valence-corrected chi connectivity index (χ1v) is 12.2. The summed E-state index contributed by atoms with van der Waals surface area (Å²) in [5.74, 6) is -0.383. The van der Waals surface area contributed by atoms with Gasteiger partial charge in [-0.2, -0.15) is 0 Å². The van der Waals surface area contributed by atoms with Gasteiger partial charge in [0.25, 0.3) is 5.91 Å². The first-order chi connectivity index (χ1) is 17.4. The van der Waals surface area contributed by atoms with Crippen molar-refractivity contribution >= 4 is 23.4 Å². The number of hydrogen-bond acceptors (Lipinski definition) is 4. The monoisotopic (exact) mass is 484 g/mol. The number of amides is 3. The van der Waals surface area contributed by atoms with E-state index in [2.05, 4.69) is 34.6 Å². The Labute approximate surface area is 212 Å². The summed E-state index contributed by atoms with van der Waals surface area (Å²) < 4.78 is 0. The van der Waals surface area contributed by atoms with Gasteiger partial charge in [0.15, 0.2) is 0 Å². The minimum atomic E-state index is -0.197. The van der Waals surface area contributed by atoms with Crippen LogP contribution in [0.15, 0.2) is 72.8 Å². The van der Waals surface area contributed by atoms with Crippen LogP contribution in [-0.4, -0.2) is 60.2 Å².